The number of pyridine rings is 1. The Labute approximate surface area is 175 Å². The van der Waals surface area contributed by atoms with Gasteiger partial charge in [-0.15, -0.1) is 10.2 Å². The van der Waals surface area contributed by atoms with Gasteiger partial charge in [-0.05, 0) is 24.6 Å². The molecule has 2 N–H and O–H groups in total. The van der Waals surface area contributed by atoms with Gasteiger partial charge in [-0.3, -0.25) is 19.0 Å². The number of phenolic OH excluding ortho intramolecular Hbond substituents is 1. The molecular weight excluding hydrogens is 400 g/mol. The summed E-state index contributed by atoms with van der Waals surface area (Å²) in [6, 6.07) is 8.71. The van der Waals surface area contributed by atoms with Gasteiger partial charge in [0.05, 0.1) is 23.4 Å². The number of azo groups is 1. The minimum atomic E-state index is -0.679. The van der Waals surface area contributed by atoms with E-state index in [4.69, 9.17) is 6.57 Å². The zero-order chi connectivity index (χ0) is 22.4. The molecule has 0 fully saturated rings. The van der Waals surface area contributed by atoms with Crippen LogP contribution in [-0.4, -0.2) is 26.3 Å². The Bertz CT molecular complexity index is 1440. The molecule has 9 nitrogen and oxygen atoms in total. The molecule has 0 atom stereocenters. The van der Waals surface area contributed by atoms with E-state index < -0.39 is 23.0 Å². The van der Waals surface area contributed by atoms with Crippen LogP contribution in [0.4, 0.5) is 17.1 Å². The van der Waals surface area contributed by atoms with Crippen molar-refractivity contribution in [3.63, 3.8) is 0 Å². The molecule has 31 heavy (non-hydrogen) atoms. The van der Waals surface area contributed by atoms with Crippen LogP contribution < -0.4 is 5.56 Å². The molecule has 9 heteroatoms. The Morgan fingerprint density at radius 2 is 1.58 bits per heavy atom. The zero-order valence-electron chi connectivity index (χ0n) is 16.4. The normalized spacial score (nSPS) is 12.5. The van der Waals surface area contributed by atoms with E-state index >= 15 is 0 Å². The van der Waals surface area contributed by atoms with Crippen LogP contribution in [0.15, 0.2) is 51.4 Å². The van der Waals surface area contributed by atoms with Crippen molar-refractivity contribution in [2.24, 2.45) is 17.3 Å². The third-order valence-corrected chi connectivity index (χ3v) is 5.14. The lowest BCUT2D eigenvalue weighted by Crippen LogP contribution is -2.21. The first kappa shape index (κ1) is 19.7. The third kappa shape index (κ3) is 2.81. The van der Waals surface area contributed by atoms with E-state index in [9.17, 15) is 24.6 Å². The van der Waals surface area contributed by atoms with Gasteiger partial charge in [-0.25, -0.2) is 4.85 Å². The molecule has 0 spiro atoms. The number of phenols is 1. The van der Waals surface area contributed by atoms with Gasteiger partial charge >= 0.3 is 0 Å². The molecule has 3 aromatic rings. The molecule has 1 aliphatic rings. The maximum absolute atomic E-state index is 13.1. The van der Waals surface area contributed by atoms with E-state index in [-0.39, 0.29) is 50.6 Å². The van der Waals surface area contributed by atoms with Gasteiger partial charge in [0.15, 0.2) is 17.4 Å². The summed E-state index contributed by atoms with van der Waals surface area (Å²) < 4.78 is 0.873. The first-order chi connectivity index (χ1) is 14.8. The smallest absolute Gasteiger partial charge is 0.278 e. The maximum atomic E-state index is 13.1. The highest BCUT2D eigenvalue weighted by molar-refractivity contribution is 6.30. The zero-order valence-corrected chi connectivity index (χ0v) is 16.4. The number of ketones is 2. The molecule has 0 radical (unpaired) electrons. The Morgan fingerprint density at radius 3 is 2.26 bits per heavy atom. The molecule has 0 amide bonds. The number of fused-ring (bicyclic) bond motifs is 2. The van der Waals surface area contributed by atoms with Crippen molar-refractivity contribution in [3.05, 3.63) is 86.0 Å². The predicted octanol–water partition coefficient (Wildman–Crippen LogP) is 3.85. The van der Waals surface area contributed by atoms with Gasteiger partial charge < -0.3 is 10.2 Å². The van der Waals surface area contributed by atoms with Gasteiger partial charge in [0, 0.05) is 18.2 Å². The number of rotatable bonds is 2. The van der Waals surface area contributed by atoms with Crippen molar-refractivity contribution < 1.29 is 19.8 Å². The van der Waals surface area contributed by atoms with E-state index in [1.54, 1.807) is 0 Å². The van der Waals surface area contributed by atoms with Crippen molar-refractivity contribution in [1.29, 1.82) is 0 Å². The molecule has 152 valence electrons. The molecule has 0 aliphatic heterocycles. The van der Waals surface area contributed by atoms with E-state index in [1.807, 2.05) is 0 Å². The number of carbonyl (C=O) groups is 2. The molecule has 0 saturated heterocycles. The number of hydrogen-bond donors (Lipinski definition) is 2. The van der Waals surface area contributed by atoms with Crippen LogP contribution >= 0.6 is 0 Å². The first-order valence-corrected chi connectivity index (χ1v) is 9.04. The standard InChI is InChI=1S/C22H14N4O5/c1-10-17(23-2)21(30)26(3)22(31)18(10)25-24-13-8-4-6-11-15(13)20(29)16-12(19(11)28)7-5-9-14(16)27/h4-9,27,30H,1,3H3. The highest BCUT2D eigenvalue weighted by Crippen LogP contribution is 2.38. The molecule has 0 saturated carbocycles. The van der Waals surface area contributed by atoms with Gasteiger partial charge in [-0.2, -0.15) is 0 Å². The van der Waals surface area contributed by atoms with Crippen LogP contribution in [0, 0.1) is 13.5 Å². The van der Waals surface area contributed by atoms with Crippen LogP contribution in [0.3, 0.4) is 0 Å². The number of aromatic nitrogens is 1. The predicted molar refractivity (Wildman–Crippen MR) is 110 cm³/mol. The topological polar surface area (TPSA) is 126 Å². The van der Waals surface area contributed by atoms with Crippen LogP contribution in [0.25, 0.3) is 4.85 Å². The van der Waals surface area contributed by atoms with Gasteiger partial charge in [-0.1, -0.05) is 24.3 Å². The molecule has 1 aliphatic carbocycles. The molecule has 0 unspecified atom stereocenters. The second kappa shape index (κ2) is 7.03. The summed E-state index contributed by atoms with van der Waals surface area (Å²) in [4.78, 5) is 41.7. The molecular formula is C22H14N4O5. The first-order valence-electron chi connectivity index (χ1n) is 9.04. The third-order valence-electron chi connectivity index (χ3n) is 5.14. The second-order valence-corrected chi connectivity index (χ2v) is 6.88. The van der Waals surface area contributed by atoms with Gasteiger partial charge in [0.25, 0.3) is 5.56 Å². The average molecular weight is 414 g/mol. The van der Waals surface area contributed by atoms with Crippen molar-refractivity contribution in [3.8, 4) is 11.6 Å². The quantitative estimate of drug-likeness (QED) is 0.381. The Morgan fingerprint density at radius 1 is 0.935 bits per heavy atom. The number of carbonyl (C=O) groups excluding carboxylic acids is 2. The Hall–Kier alpha value is -4.58. The molecule has 1 aromatic heterocycles. The molecule has 2 aromatic carbocycles. The number of hydrogen-bond acceptors (Lipinski definition) is 7. The minimum absolute atomic E-state index is 0.0312. The van der Waals surface area contributed by atoms with Crippen LogP contribution in [0.1, 0.15) is 37.4 Å². The van der Waals surface area contributed by atoms with Gasteiger partial charge in [0.1, 0.15) is 11.4 Å². The Kier molecular flexibility index (Phi) is 4.48. The fraction of sp³-hybridized carbons (Fsp3) is 0.0909. The fourth-order valence-electron chi connectivity index (χ4n) is 3.50. The lowest BCUT2D eigenvalue weighted by molar-refractivity contribution is 0.0977. The lowest BCUT2D eigenvalue weighted by Gasteiger charge is -2.19. The monoisotopic (exact) mass is 414 g/mol. The highest BCUT2D eigenvalue weighted by Gasteiger charge is 2.33. The van der Waals surface area contributed by atoms with Gasteiger partial charge in [0.2, 0.25) is 5.69 Å². The fourth-order valence-corrected chi connectivity index (χ4v) is 3.50. The van der Waals surface area contributed by atoms with E-state index in [0.717, 1.165) is 4.57 Å². The summed E-state index contributed by atoms with van der Waals surface area (Å²) in [5.74, 6) is -1.83. The molecule has 1 heterocycles. The summed E-state index contributed by atoms with van der Waals surface area (Å²) in [5, 5.41) is 28.1. The number of benzene rings is 2. The van der Waals surface area contributed by atoms with E-state index in [1.165, 1.54) is 50.4 Å². The van der Waals surface area contributed by atoms with E-state index in [0.29, 0.717) is 0 Å². The minimum Gasteiger partial charge on any atom is -0.507 e. The number of aromatic hydroxyl groups is 2. The maximum Gasteiger partial charge on any atom is 0.278 e. The molecule has 0 bridgehead atoms. The van der Waals surface area contributed by atoms with Crippen LogP contribution in [0.5, 0.6) is 11.6 Å². The van der Waals surface area contributed by atoms with Crippen molar-refractivity contribution in [2.45, 2.75) is 6.92 Å². The van der Waals surface area contributed by atoms with Crippen LogP contribution in [-0.2, 0) is 7.05 Å². The summed E-state index contributed by atoms with van der Waals surface area (Å²) >= 11 is 0. The summed E-state index contributed by atoms with van der Waals surface area (Å²) in [6.45, 7) is 8.67. The second-order valence-electron chi connectivity index (χ2n) is 6.88. The van der Waals surface area contributed by atoms with Crippen molar-refractivity contribution in [2.75, 3.05) is 0 Å². The summed E-state index contributed by atoms with van der Waals surface area (Å²) in [7, 11) is 1.29. The summed E-state index contributed by atoms with van der Waals surface area (Å²) in [5.41, 5.74) is -0.788. The molecule has 4 rings (SSSR count). The van der Waals surface area contributed by atoms with Crippen molar-refractivity contribution in [1.82, 2.24) is 4.57 Å². The van der Waals surface area contributed by atoms with E-state index in [2.05, 4.69) is 15.1 Å². The van der Waals surface area contributed by atoms with Crippen LogP contribution in [0.2, 0.25) is 0 Å². The Balaban J connectivity index is 1.91. The van der Waals surface area contributed by atoms with Crippen molar-refractivity contribution >= 4 is 28.6 Å². The SMILES string of the molecule is [C-]#[N+]c1c(C)c(N=Nc2cccc3c2C(=O)c2c(O)cccc2C3=O)c(=O)n(C)c1O. The summed E-state index contributed by atoms with van der Waals surface area (Å²) in [6.07, 6.45) is 0. The number of nitrogens with zero attached hydrogens (tertiary/aromatic N) is 4. The lowest BCUT2D eigenvalue weighted by atomic mass is 9.83. The average Bonchev–Trinajstić information content (AvgIpc) is 2.76. The highest BCUT2D eigenvalue weighted by atomic mass is 16.3. The largest absolute Gasteiger partial charge is 0.507 e.